The molecule has 0 fully saturated rings. The first-order valence-electron chi connectivity index (χ1n) is 10.4. The van der Waals surface area contributed by atoms with E-state index in [4.69, 9.17) is 0 Å². The van der Waals surface area contributed by atoms with Crippen LogP contribution in [0.1, 0.15) is 28.0 Å². The third kappa shape index (κ3) is 4.01. The maximum atomic E-state index is 13.2. The van der Waals surface area contributed by atoms with E-state index in [0.717, 1.165) is 27.3 Å². The van der Waals surface area contributed by atoms with E-state index in [9.17, 15) is 9.59 Å². The van der Waals surface area contributed by atoms with Crippen LogP contribution in [-0.4, -0.2) is 31.9 Å². The normalized spacial score (nSPS) is 13.4. The minimum Gasteiger partial charge on any atom is -0.337 e. The van der Waals surface area contributed by atoms with Crippen molar-refractivity contribution in [3.63, 3.8) is 0 Å². The summed E-state index contributed by atoms with van der Waals surface area (Å²) < 4.78 is 1.64. The average Bonchev–Trinajstić information content (AvgIpc) is 3.19. The van der Waals surface area contributed by atoms with Gasteiger partial charge in [-0.25, -0.2) is 4.98 Å². The van der Waals surface area contributed by atoms with Crippen molar-refractivity contribution in [3.05, 3.63) is 93.1 Å². The van der Waals surface area contributed by atoms with Crippen LogP contribution in [0.5, 0.6) is 0 Å². The Bertz CT molecular complexity index is 1280. The third-order valence-corrected chi connectivity index (χ3v) is 6.85. The van der Waals surface area contributed by atoms with E-state index < -0.39 is 0 Å². The summed E-state index contributed by atoms with van der Waals surface area (Å²) in [6.07, 6.45) is 7.04. The van der Waals surface area contributed by atoms with Crippen LogP contribution >= 0.6 is 11.3 Å². The summed E-state index contributed by atoms with van der Waals surface area (Å²) in [4.78, 5) is 38.4. The van der Waals surface area contributed by atoms with Gasteiger partial charge in [-0.3, -0.25) is 19.1 Å². The largest absolute Gasteiger partial charge is 0.337 e. The van der Waals surface area contributed by atoms with Gasteiger partial charge in [0.15, 0.2) is 0 Å². The van der Waals surface area contributed by atoms with Crippen molar-refractivity contribution in [3.8, 4) is 0 Å². The zero-order chi connectivity index (χ0) is 21.2. The summed E-state index contributed by atoms with van der Waals surface area (Å²) in [5.74, 6) is 0.161. The highest BCUT2D eigenvalue weighted by Gasteiger charge is 2.26. The molecule has 7 heteroatoms. The fourth-order valence-corrected chi connectivity index (χ4v) is 5.28. The Balaban J connectivity index is 1.35. The molecule has 1 aromatic carbocycles. The second kappa shape index (κ2) is 8.43. The minimum atomic E-state index is -0.0183. The molecular weight excluding hydrogens is 408 g/mol. The van der Waals surface area contributed by atoms with Crippen LogP contribution in [0, 0.1) is 0 Å². The zero-order valence-electron chi connectivity index (χ0n) is 17.0. The van der Waals surface area contributed by atoms with Crippen LogP contribution < -0.4 is 5.56 Å². The number of thiophene rings is 1. The lowest BCUT2D eigenvalue weighted by molar-refractivity contribution is -0.132. The number of carbonyl (C=O) groups excluding carboxylic acids is 1. The number of hydrogen-bond donors (Lipinski definition) is 0. The zero-order valence-corrected chi connectivity index (χ0v) is 17.8. The molecule has 156 valence electrons. The van der Waals surface area contributed by atoms with E-state index in [1.807, 2.05) is 35.2 Å². The van der Waals surface area contributed by atoms with Crippen LogP contribution in [0.2, 0.25) is 0 Å². The first kappa shape index (κ1) is 19.6. The van der Waals surface area contributed by atoms with Crippen LogP contribution in [0.3, 0.4) is 0 Å². The van der Waals surface area contributed by atoms with Crippen molar-refractivity contribution >= 4 is 27.5 Å². The van der Waals surface area contributed by atoms with E-state index in [0.29, 0.717) is 37.9 Å². The summed E-state index contributed by atoms with van der Waals surface area (Å²) in [5.41, 5.74) is 3.18. The molecule has 0 saturated carbocycles. The number of aryl methyl sites for hydroxylation is 1. The van der Waals surface area contributed by atoms with Crippen molar-refractivity contribution in [1.29, 1.82) is 0 Å². The highest BCUT2D eigenvalue weighted by molar-refractivity contribution is 7.18. The molecule has 0 N–H and O–H groups in total. The van der Waals surface area contributed by atoms with Gasteiger partial charge in [0.2, 0.25) is 5.91 Å². The Morgan fingerprint density at radius 2 is 1.94 bits per heavy atom. The van der Waals surface area contributed by atoms with Crippen molar-refractivity contribution in [2.24, 2.45) is 0 Å². The van der Waals surface area contributed by atoms with Gasteiger partial charge in [0.05, 0.1) is 24.8 Å². The first-order valence-corrected chi connectivity index (χ1v) is 11.2. The second-order valence-electron chi connectivity index (χ2n) is 7.77. The second-order valence-corrected chi connectivity index (χ2v) is 8.86. The lowest BCUT2D eigenvalue weighted by atomic mass is 10.0. The number of pyridine rings is 1. The molecule has 0 spiro atoms. The van der Waals surface area contributed by atoms with Gasteiger partial charge in [0.25, 0.3) is 5.56 Å². The van der Waals surface area contributed by atoms with Gasteiger partial charge in [-0.15, -0.1) is 11.3 Å². The van der Waals surface area contributed by atoms with E-state index >= 15 is 0 Å². The summed E-state index contributed by atoms with van der Waals surface area (Å²) in [5, 5.41) is 0.711. The molecule has 1 aliphatic heterocycles. The molecule has 0 bridgehead atoms. The molecule has 0 unspecified atom stereocenters. The average molecular weight is 431 g/mol. The number of nitrogens with zero attached hydrogens (tertiary/aromatic N) is 4. The predicted octanol–water partition coefficient (Wildman–Crippen LogP) is 3.42. The number of carbonyl (C=O) groups is 1. The number of benzene rings is 1. The molecule has 0 saturated heterocycles. The quantitative estimate of drug-likeness (QED) is 0.487. The molecule has 1 aliphatic rings. The standard InChI is InChI=1S/C24H22N4O2S/c29-21(9-8-17-5-2-1-3-6-17)27-12-10-19-20(15-27)31-23-22(19)24(30)28(16-26-23)14-18-7-4-11-25-13-18/h1-7,11,13,16H,8-10,12,14-15H2. The molecule has 31 heavy (non-hydrogen) atoms. The Labute approximate surface area is 183 Å². The summed E-state index contributed by atoms with van der Waals surface area (Å²) in [6, 6.07) is 13.9. The van der Waals surface area contributed by atoms with Crippen LogP contribution in [0.15, 0.2) is 66.0 Å². The molecule has 0 radical (unpaired) electrons. The third-order valence-electron chi connectivity index (χ3n) is 5.73. The highest BCUT2D eigenvalue weighted by Crippen LogP contribution is 2.32. The molecule has 6 nitrogen and oxygen atoms in total. The van der Waals surface area contributed by atoms with Gasteiger partial charge in [-0.2, -0.15) is 0 Å². The summed E-state index contributed by atoms with van der Waals surface area (Å²) >= 11 is 1.53. The topological polar surface area (TPSA) is 68.1 Å². The Hall–Kier alpha value is -3.32. The van der Waals surface area contributed by atoms with Crippen molar-refractivity contribution in [2.45, 2.75) is 32.4 Å². The summed E-state index contributed by atoms with van der Waals surface area (Å²) in [7, 11) is 0. The molecule has 1 amide bonds. The molecule has 4 heterocycles. The first-order chi connectivity index (χ1) is 15.2. The molecule has 5 rings (SSSR count). The van der Waals surface area contributed by atoms with E-state index in [1.54, 1.807) is 23.3 Å². The predicted molar refractivity (Wildman–Crippen MR) is 121 cm³/mol. The maximum absolute atomic E-state index is 13.2. The van der Waals surface area contributed by atoms with Crippen LogP contribution in [0.25, 0.3) is 10.2 Å². The summed E-state index contributed by atoms with van der Waals surface area (Å²) in [6.45, 7) is 1.65. The minimum absolute atomic E-state index is 0.0183. The molecule has 4 aromatic rings. The fraction of sp³-hybridized carbons (Fsp3) is 0.250. The molecule has 0 aliphatic carbocycles. The lowest BCUT2D eigenvalue weighted by Gasteiger charge is -2.27. The number of fused-ring (bicyclic) bond motifs is 3. The number of hydrogen-bond acceptors (Lipinski definition) is 5. The van der Waals surface area contributed by atoms with Gasteiger partial charge < -0.3 is 4.90 Å². The number of amides is 1. The van der Waals surface area contributed by atoms with Crippen molar-refractivity contribution in [2.75, 3.05) is 6.54 Å². The molecule has 3 aromatic heterocycles. The van der Waals surface area contributed by atoms with E-state index in [-0.39, 0.29) is 11.5 Å². The smallest absolute Gasteiger partial charge is 0.262 e. The fourth-order valence-electron chi connectivity index (χ4n) is 4.09. The number of aromatic nitrogens is 3. The van der Waals surface area contributed by atoms with E-state index in [1.165, 1.54) is 16.9 Å². The van der Waals surface area contributed by atoms with Crippen molar-refractivity contribution < 1.29 is 4.79 Å². The van der Waals surface area contributed by atoms with Gasteiger partial charge in [0.1, 0.15) is 4.83 Å². The van der Waals surface area contributed by atoms with Gasteiger partial charge in [-0.1, -0.05) is 36.4 Å². The Morgan fingerprint density at radius 3 is 2.74 bits per heavy atom. The lowest BCUT2D eigenvalue weighted by Crippen LogP contribution is -2.35. The molecule has 0 atom stereocenters. The highest BCUT2D eigenvalue weighted by atomic mass is 32.1. The van der Waals surface area contributed by atoms with Crippen molar-refractivity contribution in [1.82, 2.24) is 19.4 Å². The SMILES string of the molecule is O=C(CCc1ccccc1)N1CCc2c(sc3ncn(Cc4cccnc4)c(=O)c23)C1. The van der Waals surface area contributed by atoms with Gasteiger partial charge in [-0.05, 0) is 35.6 Å². The molecular formula is C24H22N4O2S. The monoisotopic (exact) mass is 430 g/mol. The van der Waals surface area contributed by atoms with Gasteiger partial charge >= 0.3 is 0 Å². The Kier molecular flexibility index (Phi) is 5.34. The maximum Gasteiger partial charge on any atom is 0.262 e. The van der Waals surface area contributed by atoms with Gasteiger partial charge in [0, 0.05) is 30.2 Å². The van der Waals surface area contributed by atoms with Crippen LogP contribution in [0.4, 0.5) is 0 Å². The van der Waals surface area contributed by atoms with Crippen LogP contribution in [-0.2, 0) is 30.7 Å². The van der Waals surface area contributed by atoms with E-state index in [2.05, 4.69) is 22.1 Å². The Morgan fingerprint density at radius 1 is 1.10 bits per heavy atom. The number of rotatable bonds is 5.